The Morgan fingerprint density at radius 1 is 1.17 bits per heavy atom. The van der Waals surface area contributed by atoms with Gasteiger partial charge in [0.1, 0.15) is 11.1 Å². The molecule has 0 bridgehead atoms. The predicted molar refractivity (Wildman–Crippen MR) is 70.8 cm³/mol. The average Bonchev–Trinajstić information content (AvgIpc) is 2.79. The van der Waals surface area contributed by atoms with Crippen LogP contribution < -0.4 is 10.6 Å². The van der Waals surface area contributed by atoms with Crippen molar-refractivity contribution in [2.24, 2.45) is 5.73 Å². The monoisotopic (exact) mass is 244 g/mol. The van der Waals surface area contributed by atoms with Crippen molar-refractivity contribution in [2.45, 2.75) is 19.3 Å². The molecule has 1 aromatic heterocycles. The Morgan fingerprint density at radius 3 is 2.61 bits per heavy atom. The Labute approximate surface area is 105 Å². The molecule has 2 N–H and O–H groups in total. The number of primary amides is 1. The summed E-state index contributed by atoms with van der Waals surface area (Å²) in [6.07, 6.45) is 3.51. The fourth-order valence-electron chi connectivity index (χ4n) is 2.59. The molecule has 0 aliphatic carbocycles. The van der Waals surface area contributed by atoms with E-state index in [1.54, 1.807) is 0 Å². The van der Waals surface area contributed by atoms with E-state index in [0.717, 1.165) is 36.9 Å². The Kier molecular flexibility index (Phi) is 2.70. The highest BCUT2D eigenvalue weighted by molar-refractivity contribution is 6.09. The molecule has 1 aromatic carbocycles. The highest BCUT2D eigenvalue weighted by Gasteiger charge is 2.24. The van der Waals surface area contributed by atoms with Crippen LogP contribution in [-0.4, -0.2) is 19.0 Å². The van der Waals surface area contributed by atoms with Crippen molar-refractivity contribution in [1.29, 1.82) is 0 Å². The number of nitrogens with two attached hydrogens (primary N) is 1. The summed E-state index contributed by atoms with van der Waals surface area (Å²) in [6.45, 7) is 1.86. The number of carbonyl (C=O) groups is 1. The van der Waals surface area contributed by atoms with Crippen molar-refractivity contribution in [2.75, 3.05) is 18.0 Å². The standard InChI is InChI=1S/C14H16N2O2/c15-13(17)12-10-6-2-3-7-11(10)18-14(12)16-8-4-1-5-9-16/h2-3,6-7H,1,4-5,8-9H2,(H2,15,17). The quantitative estimate of drug-likeness (QED) is 0.883. The van der Waals surface area contributed by atoms with Gasteiger partial charge in [-0.3, -0.25) is 4.79 Å². The van der Waals surface area contributed by atoms with Crippen LogP contribution in [0.5, 0.6) is 0 Å². The van der Waals surface area contributed by atoms with Crippen molar-refractivity contribution in [3.8, 4) is 0 Å². The first-order chi connectivity index (χ1) is 8.77. The number of furan rings is 1. The molecule has 1 fully saturated rings. The van der Waals surface area contributed by atoms with Crippen molar-refractivity contribution >= 4 is 22.8 Å². The van der Waals surface area contributed by atoms with E-state index in [4.69, 9.17) is 10.2 Å². The number of amides is 1. The topological polar surface area (TPSA) is 59.5 Å². The summed E-state index contributed by atoms with van der Waals surface area (Å²) < 4.78 is 5.83. The van der Waals surface area contributed by atoms with Gasteiger partial charge in [-0.1, -0.05) is 18.2 Å². The van der Waals surface area contributed by atoms with Gasteiger partial charge in [-0.25, -0.2) is 0 Å². The summed E-state index contributed by atoms with van der Waals surface area (Å²) in [5.41, 5.74) is 6.76. The van der Waals surface area contributed by atoms with Gasteiger partial charge in [-0.05, 0) is 25.3 Å². The molecule has 0 unspecified atom stereocenters. The maximum absolute atomic E-state index is 11.7. The molecule has 0 spiro atoms. The lowest BCUT2D eigenvalue weighted by atomic mass is 10.1. The number of benzene rings is 1. The van der Waals surface area contributed by atoms with E-state index >= 15 is 0 Å². The van der Waals surface area contributed by atoms with Crippen LogP contribution in [0, 0.1) is 0 Å². The van der Waals surface area contributed by atoms with Crippen LogP contribution in [0.3, 0.4) is 0 Å². The number of rotatable bonds is 2. The van der Waals surface area contributed by atoms with Crippen LogP contribution in [0.4, 0.5) is 5.88 Å². The third-order valence-corrected chi connectivity index (χ3v) is 3.47. The Hall–Kier alpha value is -1.97. The number of carbonyl (C=O) groups excluding carboxylic acids is 1. The van der Waals surface area contributed by atoms with E-state index in [1.165, 1.54) is 6.42 Å². The van der Waals surface area contributed by atoms with E-state index in [1.807, 2.05) is 24.3 Å². The fourth-order valence-corrected chi connectivity index (χ4v) is 2.59. The lowest BCUT2D eigenvalue weighted by Crippen LogP contribution is -2.30. The molecule has 3 rings (SSSR count). The molecule has 4 heteroatoms. The molecule has 0 saturated carbocycles. The zero-order chi connectivity index (χ0) is 12.5. The van der Waals surface area contributed by atoms with Crippen LogP contribution in [0.15, 0.2) is 28.7 Å². The maximum Gasteiger partial charge on any atom is 0.254 e. The Bertz CT molecular complexity index is 582. The van der Waals surface area contributed by atoms with Gasteiger partial charge >= 0.3 is 0 Å². The van der Waals surface area contributed by atoms with Crippen LogP contribution in [0.2, 0.25) is 0 Å². The van der Waals surface area contributed by atoms with Crippen molar-refractivity contribution in [3.63, 3.8) is 0 Å². The lowest BCUT2D eigenvalue weighted by molar-refractivity contribution is 0.100. The average molecular weight is 244 g/mol. The molecular formula is C14H16N2O2. The molecule has 0 atom stereocenters. The number of hydrogen-bond donors (Lipinski definition) is 1. The highest BCUT2D eigenvalue weighted by Crippen LogP contribution is 2.33. The number of nitrogens with zero attached hydrogens (tertiary/aromatic N) is 1. The molecule has 1 saturated heterocycles. The lowest BCUT2D eigenvalue weighted by Gasteiger charge is -2.26. The van der Waals surface area contributed by atoms with Crippen LogP contribution in [0.25, 0.3) is 11.0 Å². The second kappa shape index (κ2) is 4.37. The van der Waals surface area contributed by atoms with Crippen molar-refractivity contribution in [1.82, 2.24) is 0 Å². The second-order valence-corrected chi connectivity index (χ2v) is 4.69. The number of para-hydroxylation sites is 1. The van der Waals surface area contributed by atoms with E-state index < -0.39 is 5.91 Å². The third kappa shape index (κ3) is 1.74. The van der Waals surface area contributed by atoms with Gasteiger partial charge in [0.25, 0.3) is 5.91 Å². The zero-order valence-electron chi connectivity index (χ0n) is 10.2. The smallest absolute Gasteiger partial charge is 0.254 e. The highest BCUT2D eigenvalue weighted by atomic mass is 16.4. The largest absolute Gasteiger partial charge is 0.440 e. The summed E-state index contributed by atoms with van der Waals surface area (Å²) in [7, 11) is 0. The summed E-state index contributed by atoms with van der Waals surface area (Å²) in [4.78, 5) is 13.8. The summed E-state index contributed by atoms with van der Waals surface area (Å²) >= 11 is 0. The number of piperidine rings is 1. The van der Waals surface area contributed by atoms with Gasteiger partial charge < -0.3 is 15.1 Å². The number of anilines is 1. The SMILES string of the molecule is NC(=O)c1c(N2CCCCC2)oc2ccccc12. The second-order valence-electron chi connectivity index (χ2n) is 4.69. The zero-order valence-corrected chi connectivity index (χ0v) is 10.2. The van der Waals surface area contributed by atoms with Gasteiger partial charge in [-0.2, -0.15) is 0 Å². The van der Waals surface area contributed by atoms with Crippen LogP contribution >= 0.6 is 0 Å². The molecule has 1 aliphatic heterocycles. The molecular weight excluding hydrogens is 228 g/mol. The summed E-state index contributed by atoms with van der Waals surface area (Å²) in [5, 5.41) is 0.811. The first-order valence-electron chi connectivity index (χ1n) is 6.33. The Balaban J connectivity index is 2.14. The van der Waals surface area contributed by atoms with E-state index in [-0.39, 0.29) is 0 Å². The molecule has 4 nitrogen and oxygen atoms in total. The summed E-state index contributed by atoms with van der Waals surface area (Å²) in [5.74, 6) is 0.226. The molecule has 2 aromatic rings. The first kappa shape index (κ1) is 11.1. The van der Waals surface area contributed by atoms with Gasteiger partial charge in [0.2, 0.25) is 5.88 Å². The van der Waals surface area contributed by atoms with Crippen molar-refractivity contribution < 1.29 is 9.21 Å². The molecule has 94 valence electrons. The molecule has 1 amide bonds. The van der Waals surface area contributed by atoms with Gasteiger partial charge in [0, 0.05) is 18.5 Å². The van der Waals surface area contributed by atoms with E-state index in [9.17, 15) is 4.79 Å². The number of hydrogen-bond acceptors (Lipinski definition) is 3. The fraction of sp³-hybridized carbons (Fsp3) is 0.357. The predicted octanol–water partition coefficient (Wildman–Crippen LogP) is 2.52. The molecule has 2 heterocycles. The minimum Gasteiger partial charge on any atom is -0.440 e. The number of fused-ring (bicyclic) bond motifs is 1. The van der Waals surface area contributed by atoms with E-state index in [0.29, 0.717) is 11.4 Å². The minimum absolute atomic E-state index is 0.416. The van der Waals surface area contributed by atoms with E-state index in [2.05, 4.69) is 4.90 Å². The van der Waals surface area contributed by atoms with Gasteiger partial charge in [-0.15, -0.1) is 0 Å². The molecule has 18 heavy (non-hydrogen) atoms. The van der Waals surface area contributed by atoms with Crippen LogP contribution in [0.1, 0.15) is 29.6 Å². The van der Waals surface area contributed by atoms with Gasteiger partial charge in [0.05, 0.1) is 0 Å². The maximum atomic E-state index is 11.7. The normalized spacial score (nSPS) is 16.1. The molecule has 1 aliphatic rings. The summed E-state index contributed by atoms with van der Waals surface area (Å²) in [6, 6.07) is 7.54. The van der Waals surface area contributed by atoms with Crippen LogP contribution in [-0.2, 0) is 0 Å². The molecule has 0 radical (unpaired) electrons. The third-order valence-electron chi connectivity index (χ3n) is 3.47. The van der Waals surface area contributed by atoms with Crippen molar-refractivity contribution in [3.05, 3.63) is 29.8 Å². The first-order valence-corrected chi connectivity index (χ1v) is 6.33. The minimum atomic E-state index is -0.416. The Morgan fingerprint density at radius 2 is 1.89 bits per heavy atom. The van der Waals surface area contributed by atoms with Gasteiger partial charge in [0.15, 0.2) is 0 Å².